The maximum absolute atomic E-state index is 13.6. The number of hydrogen-bond donors (Lipinski definition) is 1. The van der Waals surface area contributed by atoms with Crippen LogP contribution in [-0.2, 0) is 20.8 Å². The Labute approximate surface area is 194 Å². The predicted octanol–water partition coefficient (Wildman–Crippen LogP) is 3.13. The smallest absolute Gasteiger partial charge is 0.569 e. The van der Waals surface area contributed by atoms with Crippen molar-refractivity contribution in [2.24, 2.45) is 5.28 Å². The van der Waals surface area contributed by atoms with E-state index in [2.05, 4.69) is 14.9 Å². The Kier molecular flexibility index (Phi) is 9.00. The Hall–Kier alpha value is -3.43. The summed E-state index contributed by atoms with van der Waals surface area (Å²) in [6.07, 6.45) is -12.1. The highest BCUT2D eigenvalue weighted by atomic mass is 19.4. The first-order valence-electron chi connectivity index (χ1n) is 9.93. The summed E-state index contributed by atoms with van der Waals surface area (Å²) in [6, 6.07) is 1.69. The number of carbonyl (C=O) groups is 1. The molecule has 0 aliphatic carbocycles. The number of rotatable bonds is 10. The number of likely N-dealkylation sites (N-methyl/N-ethyl adjacent to an activating group) is 1. The first kappa shape index (κ1) is 27.8. The minimum atomic E-state index is -5.05. The van der Waals surface area contributed by atoms with Gasteiger partial charge in [-0.05, 0) is 30.2 Å². The number of aryl methyl sites for hydroxylation is 1. The molecule has 0 saturated carbocycles. The fraction of sp³-hybridized carbons (Fsp3) is 0.526. The Morgan fingerprint density at radius 2 is 1.94 bits per heavy atom. The zero-order valence-electron chi connectivity index (χ0n) is 18.4. The lowest BCUT2D eigenvalue weighted by atomic mass is 9.97. The van der Waals surface area contributed by atoms with Crippen LogP contribution in [0, 0.1) is 5.21 Å². The number of fused-ring (bicyclic) bond motifs is 1. The van der Waals surface area contributed by atoms with Gasteiger partial charge in [0.15, 0.2) is 6.61 Å². The van der Waals surface area contributed by atoms with Crippen molar-refractivity contribution in [3.63, 3.8) is 0 Å². The highest BCUT2D eigenvalue weighted by molar-refractivity contribution is 5.96. The molecular weight excluding hydrogens is 496 g/mol. The van der Waals surface area contributed by atoms with Crippen molar-refractivity contribution in [1.82, 2.24) is 5.01 Å². The van der Waals surface area contributed by atoms with Crippen LogP contribution in [0.2, 0.25) is 0 Å². The molecule has 0 unspecified atom stereocenters. The minimum absolute atomic E-state index is 0.00279. The SMILES string of the molecule is CCc1cc(OC(F)(F)F)cc2c1O[C@H](C(F)(F)F)C(C(=O)OCCO/N=[N+](\[O-])N(C)CCO)=C2. The van der Waals surface area contributed by atoms with Crippen LogP contribution in [0.25, 0.3) is 6.08 Å². The topological polar surface area (TPSA) is 116 Å². The van der Waals surface area contributed by atoms with Crippen LogP contribution in [0.1, 0.15) is 18.1 Å². The summed E-state index contributed by atoms with van der Waals surface area (Å²) >= 11 is 0. The fourth-order valence-electron chi connectivity index (χ4n) is 2.86. The average Bonchev–Trinajstić information content (AvgIpc) is 2.75. The molecule has 0 fully saturated rings. The van der Waals surface area contributed by atoms with Crippen LogP contribution in [-0.4, -0.2) is 73.1 Å². The van der Waals surface area contributed by atoms with Gasteiger partial charge in [-0.15, -0.1) is 18.2 Å². The molecule has 0 aromatic heterocycles. The van der Waals surface area contributed by atoms with Gasteiger partial charge in [-0.1, -0.05) is 6.92 Å². The van der Waals surface area contributed by atoms with E-state index in [0.29, 0.717) is 0 Å². The molecule has 1 aromatic rings. The first-order chi connectivity index (χ1) is 16.3. The number of benzene rings is 1. The summed E-state index contributed by atoms with van der Waals surface area (Å²) in [5.74, 6) is -2.52. The van der Waals surface area contributed by atoms with Crippen molar-refractivity contribution in [3.05, 3.63) is 34.0 Å². The quantitative estimate of drug-likeness (QED) is 0.126. The third-order valence-corrected chi connectivity index (χ3v) is 4.40. The van der Waals surface area contributed by atoms with E-state index >= 15 is 0 Å². The van der Waals surface area contributed by atoms with E-state index in [-0.39, 0.29) is 41.4 Å². The molecule has 0 amide bonds. The molecule has 0 radical (unpaired) electrons. The van der Waals surface area contributed by atoms with Crippen LogP contribution in [0.5, 0.6) is 11.5 Å². The van der Waals surface area contributed by atoms with E-state index in [1.54, 1.807) is 0 Å². The van der Waals surface area contributed by atoms with Crippen molar-refractivity contribution in [3.8, 4) is 11.5 Å². The summed E-state index contributed by atoms with van der Waals surface area (Å²) < 4.78 is 92.2. The van der Waals surface area contributed by atoms with Crippen LogP contribution >= 0.6 is 0 Å². The first-order valence-corrected chi connectivity index (χ1v) is 9.93. The molecule has 196 valence electrons. The normalized spacial score (nSPS) is 16.1. The minimum Gasteiger partial charge on any atom is -0.569 e. The number of aliphatic hydroxyl groups is 1. The molecule has 1 aliphatic rings. The van der Waals surface area contributed by atoms with Crippen LogP contribution < -0.4 is 9.47 Å². The zero-order chi connectivity index (χ0) is 26.4. The molecule has 1 heterocycles. The highest BCUT2D eigenvalue weighted by Gasteiger charge is 2.49. The summed E-state index contributed by atoms with van der Waals surface area (Å²) in [5.41, 5.74) is -1.25. The van der Waals surface area contributed by atoms with E-state index in [0.717, 1.165) is 23.2 Å². The highest BCUT2D eigenvalue weighted by Crippen LogP contribution is 2.42. The monoisotopic (exact) mass is 517 g/mol. The molecule has 1 N–H and O–H groups in total. The largest absolute Gasteiger partial charge is 0.573 e. The van der Waals surface area contributed by atoms with Gasteiger partial charge < -0.3 is 29.4 Å². The van der Waals surface area contributed by atoms with Gasteiger partial charge in [-0.2, -0.15) is 13.2 Å². The molecule has 0 bridgehead atoms. The van der Waals surface area contributed by atoms with Gasteiger partial charge in [-0.3, -0.25) is 0 Å². The number of aliphatic hydroxyl groups excluding tert-OH is 1. The summed E-state index contributed by atoms with van der Waals surface area (Å²) in [5, 5.41) is 24.1. The van der Waals surface area contributed by atoms with Gasteiger partial charge in [0.1, 0.15) is 18.1 Å². The molecule has 0 spiro atoms. The molecule has 16 heteroatoms. The maximum Gasteiger partial charge on any atom is 0.573 e. The molecular formula is C19H21F6N3O7. The summed E-state index contributed by atoms with van der Waals surface area (Å²) in [7, 11) is 1.29. The number of carbonyl (C=O) groups excluding carboxylic acids is 1. The molecule has 1 aliphatic heterocycles. The van der Waals surface area contributed by atoms with Gasteiger partial charge in [0.05, 0.1) is 30.7 Å². The average molecular weight is 517 g/mol. The number of esters is 1. The number of hydrogen-bond acceptors (Lipinski definition) is 8. The van der Waals surface area contributed by atoms with Crippen LogP contribution in [0.15, 0.2) is 23.0 Å². The van der Waals surface area contributed by atoms with Crippen molar-refractivity contribution in [2.45, 2.75) is 32.0 Å². The molecule has 2 rings (SSSR count). The third-order valence-electron chi connectivity index (χ3n) is 4.40. The van der Waals surface area contributed by atoms with Crippen molar-refractivity contribution in [2.75, 3.05) is 33.4 Å². The van der Waals surface area contributed by atoms with E-state index in [4.69, 9.17) is 14.6 Å². The van der Waals surface area contributed by atoms with E-state index in [9.17, 15) is 36.3 Å². The second kappa shape index (κ2) is 11.3. The Bertz CT molecular complexity index is 965. The van der Waals surface area contributed by atoms with Gasteiger partial charge in [0.25, 0.3) is 0 Å². The number of ether oxygens (including phenoxy) is 3. The molecule has 0 saturated heterocycles. The van der Waals surface area contributed by atoms with E-state index < -0.39 is 49.1 Å². The van der Waals surface area contributed by atoms with E-state index in [1.165, 1.54) is 14.0 Å². The second-order valence-electron chi connectivity index (χ2n) is 6.95. The summed E-state index contributed by atoms with van der Waals surface area (Å²) in [6.45, 7) is -0.0432. The lowest BCUT2D eigenvalue weighted by molar-refractivity contribution is -0.705. The Morgan fingerprint density at radius 3 is 2.51 bits per heavy atom. The van der Waals surface area contributed by atoms with Gasteiger partial charge >= 0.3 is 18.5 Å². The van der Waals surface area contributed by atoms with Gasteiger partial charge in [0.2, 0.25) is 11.4 Å². The van der Waals surface area contributed by atoms with Crippen molar-refractivity contribution >= 4 is 12.0 Å². The molecule has 35 heavy (non-hydrogen) atoms. The zero-order valence-corrected chi connectivity index (χ0v) is 18.4. The van der Waals surface area contributed by atoms with Gasteiger partial charge in [-0.25, -0.2) is 4.79 Å². The molecule has 1 aromatic carbocycles. The fourth-order valence-corrected chi connectivity index (χ4v) is 2.86. The van der Waals surface area contributed by atoms with Crippen LogP contribution in [0.4, 0.5) is 26.3 Å². The Balaban J connectivity index is 2.22. The lowest BCUT2D eigenvalue weighted by Gasteiger charge is -2.29. The van der Waals surface area contributed by atoms with E-state index in [1.807, 2.05) is 0 Å². The number of nitrogens with zero attached hydrogens (tertiary/aromatic N) is 3. The second-order valence-corrected chi connectivity index (χ2v) is 6.95. The Morgan fingerprint density at radius 1 is 1.26 bits per heavy atom. The molecule has 1 atom stereocenters. The van der Waals surface area contributed by atoms with Crippen molar-refractivity contribution in [1.29, 1.82) is 0 Å². The molecule has 10 nitrogen and oxygen atoms in total. The number of alkyl halides is 6. The standard InChI is InChI=1S/C19H21F6N3O7/c1-3-11-8-13(35-19(23,24)25)9-12-10-14(16(18(20,21)22)34-15(11)12)17(30)32-6-7-33-26-28(31)27(2)4-5-29/h8-10,16,29H,3-7H2,1-2H3/b28-26-/t16-/m0/s1. The summed E-state index contributed by atoms with van der Waals surface area (Å²) in [4.78, 5) is 16.9. The van der Waals surface area contributed by atoms with Gasteiger partial charge in [0, 0.05) is 5.56 Å². The van der Waals surface area contributed by atoms with Crippen molar-refractivity contribution < 1.29 is 60.3 Å². The lowest BCUT2D eigenvalue weighted by Crippen LogP contribution is -2.41. The number of hydrazine groups is 1. The maximum atomic E-state index is 13.6. The number of halogens is 6. The third kappa shape index (κ3) is 7.80. The predicted molar refractivity (Wildman–Crippen MR) is 104 cm³/mol. The van der Waals surface area contributed by atoms with Crippen LogP contribution in [0.3, 0.4) is 0 Å².